The van der Waals surface area contributed by atoms with Crippen LogP contribution in [0.5, 0.6) is 0 Å². The summed E-state index contributed by atoms with van der Waals surface area (Å²) in [6.07, 6.45) is 0. The van der Waals surface area contributed by atoms with E-state index >= 15 is 0 Å². The van der Waals surface area contributed by atoms with Crippen molar-refractivity contribution in [3.63, 3.8) is 0 Å². The molecule has 1 fully saturated rings. The smallest absolute Gasteiger partial charge is 0.236 e. The van der Waals surface area contributed by atoms with Gasteiger partial charge in [0, 0.05) is 39.8 Å². The minimum absolute atomic E-state index is 0.145. The number of aryl methyl sites for hydroxylation is 2. The van der Waals surface area contributed by atoms with Crippen molar-refractivity contribution in [2.24, 2.45) is 0 Å². The van der Waals surface area contributed by atoms with Crippen molar-refractivity contribution >= 4 is 5.91 Å². The third-order valence-corrected chi connectivity index (χ3v) is 5.09. The molecule has 1 aromatic heterocycles. The lowest BCUT2D eigenvalue weighted by molar-refractivity contribution is -0.132. The topological polar surface area (TPSA) is 39.9 Å². The van der Waals surface area contributed by atoms with Crippen LogP contribution in [0.3, 0.4) is 0 Å². The molecule has 0 aliphatic carbocycles. The first kappa shape index (κ1) is 18.7. The van der Waals surface area contributed by atoms with Crippen LogP contribution in [0, 0.1) is 13.8 Å². The molecule has 5 heteroatoms. The average Bonchev–Trinajstić information content (AvgIpc) is 3.03. The van der Waals surface area contributed by atoms with Gasteiger partial charge >= 0.3 is 0 Å². The molecule has 3 rings (SSSR count). The van der Waals surface area contributed by atoms with Crippen LogP contribution in [0.25, 0.3) is 0 Å². The summed E-state index contributed by atoms with van der Waals surface area (Å²) >= 11 is 0. The highest BCUT2D eigenvalue weighted by Gasteiger charge is 2.21. The third kappa shape index (κ3) is 4.96. The van der Waals surface area contributed by atoms with Crippen LogP contribution in [0.2, 0.25) is 0 Å². The van der Waals surface area contributed by atoms with Gasteiger partial charge in [-0.15, -0.1) is 0 Å². The largest absolute Gasteiger partial charge is 0.464 e. The highest BCUT2D eigenvalue weighted by molar-refractivity contribution is 5.77. The molecule has 0 N–H and O–H groups in total. The van der Waals surface area contributed by atoms with Crippen LogP contribution >= 0.6 is 0 Å². The molecule has 1 saturated heterocycles. The predicted octanol–water partition coefficient (Wildman–Crippen LogP) is 2.67. The fraction of sp³-hybridized carbons (Fsp3) is 0.476. The molecule has 0 radical (unpaired) electrons. The number of hydrogen-bond acceptors (Lipinski definition) is 4. The molecule has 1 amide bonds. The Balaban J connectivity index is 1.43. The van der Waals surface area contributed by atoms with E-state index in [0.29, 0.717) is 13.1 Å². The predicted molar refractivity (Wildman–Crippen MR) is 103 cm³/mol. The Labute approximate surface area is 156 Å². The number of likely N-dealkylation sites (N-methyl/N-ethyl adjacent to an activating group) is 1. The standard InChI is InChI=1S/C21H29N3O2/c1-17-6-4-5-7-19(17)14-23-10-12-24(13-11-23)16-21(25)22(3)15-20-9-8-18(2)26-20/h4-9H,10-16H2,1-3H3. The molecule has 1 aromatic carbocycles. The average molecular weight is 355 g/mol. The minimum Gasteiger partial charge on any atom is -0.464 e. The van der Waals surface area contributed by atoms with Crippen molar-refractivity contribution in [1.29, 1.82) is 0 Å². The fourth-order valence-electron chi connectivity index (χ4n) is 3.34. The molecule has 0 saturated carbocycles. The number of nitrogens with zero attached hydrogens (tertiary/aromatic N) is 3. The zero-order chi connectivity index (χ0) is 18.5. The first-order valence-corrected chi connectivity index (χ1v) is 9.30. The van der Waals surface area contributed by atoms with Crippen molar-refractivity contribution in [3.8, 4) is 0 Å². The third-order valence-electron chi connectivity index (χ3n) is 5.09. The normalized spacial score (nSPS) is 16.0. The van der Waals surface area contributed by atoms with E-state index in [1.165, 1.54) is 11.1 Å². The number of carbonyl (C=O) groups is 1. The van der Waals surface area contributed by atoms with E-state index in [4.69, 9.17) is 4.42 Å². The van der Waals surface area contributed by atoms with Crippen LogP contribution in [0.1, 0.15) is 22.6 Å². The SMILES string of the molecule is Cc1ccc(CN(C)C(=O)CN2CCN(Cc3ccccc3C)CC2)o1. The van der Waals surface area contributed by atoms with Gasteiger partial charge in [-0.1, -0.05) is 24.3 Å². The van der Waals surface area contributed by atoms with E-state index < -0.39 is 0 Å². The Kier molecular flexibility index (Phi) is 6.12. The molecule has 5 nitrogen and oxygen atoms in total. The second-order valence-corrected chi connectivity index (χ2v) is 7.24. The molecule has 140 valence electrons. The lowest BCUT2D eigenvalue weighted by Crippen LogP contribution is -2.49. The minimum atomic E-state index is 0.145. The summed E-state index contributed by atoms with van der Waals surface area (Å²) in [6, 6.07) is 12.4. The lowest BCUT2D eigenvalue weighted by Gasteiger charge is -2.35. The molecule has 0 unspecified atom stereocenters. The summed E-state index contributed by atoms with van der Waals surface area (Å²) in [5.74, 6) is 1.86. The maximum atomic E-state index is 12.5. The number of furan rings is 1. The van der Waals surface area contributed by atoms with Gasteiger partial charge in [0.05, 0.1) is 13.1 Å². The summed E-state index contributed by atoms with van der Waals surface area (Å²) in [6.45, 7) is 9.96. The van der Waals surface area contributed by atoms with Gasteiger partial charge in [0.15, 0.2) is 0 Å². The van der Waals surface area contributed by atoms with E-state index in [9.17, 15) is 4.79 Å². The van der Waals surface area contributed by atoms with Crippen molar-refractivity contribution < 1.29 is 9.21 Å². The van der Waals surface area contributed by atoms with Gasteiger partial charge in [0.2, 0.25) is 5.91 Å². The summed E-state index contributed by atoms with van der Waals surface area (Å²) in [5, 5.41) is 0. The van der Waals surface area contributed by atoms with Gasteiger partial charge < -0.3 is 9.32 Å². The zero-order valence-electron chi connectivity index (χ0n) is 16.1. The fourth-order valence-corrected chi connectivity index (χ4v) is 3.34. The van der Waals surface area contributed by atoms with Crippen molar-refractivity contribution in [2.75, 3.05) is 39.8 Å². The van der Waals surface area contributed by atoms with Gasteiger partial charge in [0.1, 0.15) is 11.5 Å². The van der Waals surface area contributed by atoms with Crippen LogP contribution in [0.15, 0.2) is 40.8 Å². The van der Waals surface area contributed by atoms with Gasteiger partial charge in [0.25, 0.3) is 0 Å². The van der Waals surface area contributed by atoms with E-state index in [1.54, 1.807) is 4.90 Å². The van der Waals surface area contributed by atoms with Crippen LogP contribution in [-0.2, 0) is 17.9 Å². The summed E-state index contributed by atoms with van der Waals surface area (Å²) in [7, 11) is 1.84. The number of hydrogen-bond donors (Lipinski definition) is 0. The summed E-state index contributed by atoms with van der Waals surface area (Å²) < 4.78 is 5.56. The molecule has 2 aromatic rings. The Morgan fingerprint density at radius 1 is 1.04 bits per heavy atom. The van der Waals surface area contributed by atoms with Crippen LogP contribution in [0.4, 0.5) is 0 Å². The maximum absolute atomic E-state index is 12.5. The molecular formula is C21H29N3O2. The zero-order valence-corrected chi connectivity index (χ0v) is 16.1. The van der Waals surface area contributed by atoms with Gasteiger partial charge in [-0.25, -0.2) is 0 Å². The highest BCUT2D eigenvalue weighted by Crippen LogP contribution is 2.13. The number of piperazine rings is 1. The summed E-state index contributed by atoms with van der Waals surface area (Å²) in [4.78, 5) is 18.9. The highest BCUT2D eigenvalue weighted by atomic mass is 16.3. The number of rotatable bonds is 6. The van der Waals surface area contributed by atoms with Crippen LogP contribution in [-0.4, -0.2) is 60.4 Å². The number of benzene rings is 1. The van der Waals surface area contributed by atoms with E-state index in [1.807, 2.05) is 26.1 Å². The Morgan fingerprint density at radius 3 is 2.38 bits per heavy atom. The van der Waals surface area contributed by atoms with E-state index in [0.717, 1.165) is 44.2 Å². The Morgan fingerprint density at radius 2 is 1.73 bits per heavy atom. The molecule has 1 aliphatic rings. The molecule has 0 bridgehead atoms. The molecule has 0 atom stereocenters. The van der Waals surface area contributed by atoms with Gasteiger partial charge in [-0.2, -0.15) is 0 Å². The van der Waals surface area contributed by atoms with E-state index in [2.05, 4.69) is 41.0 Å². The number of carbonyl (C=O) groups excluding carboxylic acids is 1. The first-order chi connectivity index (χ1) is 12.5. The van der Waals surface area contributed by atoms with Crippen molar-refractivity contribution in [1.82, 2.24) is 14.7 Å². The summed E-state index contributed by atoms with van der Waals surface area (Å²) in [5.41, 5.74) is 2.74. The maximum Gasteiger partial charge on any atom is 0.236 e. The molecular weight excluding hydrogens is 326 g/mol. The molecule has 1 aliphatic heterocycles. The van der Waals surface area contributed by atoms with E-state index in [-0.39, 0.29) is 5.91 Å². The second-order valence-electron chi connectivity index (χ2n) is 7.24. The molecule has 0 spiro atoms. The first-order valence-electron chi connectivity index (χ1n) is 9.30. The number of amides is 1. The van der Waals surface area contributed by atoms with Crippen LogP contribution < -0.4 is 0 Å². The monoisotopic (exact) mass is 355 g/mol. The Bertz CT molecular complexity index is 732. The Hall–Kier alpha value is -2.11. The van der Waals surface area contributed by atoms with Gasteiger partial charge in [-0.05, 0) is 37.1 Å². The second kappa shape index (κ2) is 8.52. The van der Waals surface area contributed by atoms with Gasteiger partial charge in [-0.3, -0.25) is 14.6 Å². The molecule has 26 heavy (non-hydrogen) atoms. The van der Waals surface area contributed by atoms with Crippen molar-refractivity contribution in [3.05, 3.63) is 59.0 Å². The quantitative estimate of drug-likeness (QED) is 0.799. The lowest BCUT2D eigenvalue weighted by atomic mass is 10.1. The molecule has 2 heterocycles. The van der Waals surface area contributed by atoms with Crippen molar-refractivity contribution in [2.45, 2.75) is 26.9 Å².